The van der Waals surface area contributed by atoms with Crippen LogP contribution in [0.15, 0.2) is 10.8 Å². The van der Waals surface area contributed by atoms with E-state index in [1.165, 1.54) is 31.5 Å². The van der Waals surface area contributed by atoms with Crippen LogP contribution >= 0.6 is 45.9 Å². The minimum Gasteiger partial charge on any atom is -0.458 e. The Labute approximate surface area is 231 Å². The zero-order valence-electron chi connectivity index (χ0n) is 20.6. The zero-order chi connectivity index (χ0) is 27.5. The van der Waals surface area contributed by atoms with Gasteiger partial charge in [-0.25, -0.2) is 19.6 Å². The molecule has 3 rings (SSSR count). The molecule has 0 aliphatic carbocycles. The lowest BCUT2D eigenvalue weighted by atomic mass is 9.97. The number of rotatable bonds is 5. The molecule has 1 unspecified atom stereocenters. The number of aliphatic hydroxyl groups is 2. The van der Waals surface area contributed by atoms with E-state index < -0.39 is 58.7 Å². The Morgan fingerprint density at radius 1 is 1.03 bits per heavy atom. The molecular weight excluding hydrogens is 567 g/mol. The minimum atomic E-state index is -1.56. The Kier molecular flexibility index (Phi) is 9.57. The number of ether oxygens (including phenoxy) is 3. The molecule has 0 saturated heterocycles. The molecule has 0 aromatic carbocycles. The van der Waals surface area contributed by atoms with Gasteiger partial charge in [-0.1, -0.05) is 0 Å². The Morgan fingerprint density at radius 3 is 2.24 bits per heavy atom. The van der Waals surface area contributed by atoms with Crippen molar-refractivity contribution in [2.75, 3.05) is 6.61 Å². The van der Waals surface area contributed by atoms with E-state index in [1.807, 2.05) is 0 Å². The number of fused-ring (bicyclic) bond motifs is 4. The SMILES string of the molecule is C[C@@H]1C(=O)O[C@@H](C(C)(C)O)c2nc(cs2)C(=O)OCC(O)c2nc(cs2)C(=O)O[C@H]1CCCC(C)(Cl)Cl. The van der Waals surface area contributed by atoms with Gasteiger partial charge in [0.2, 0.25) is 0 Å². The first-order valence-corrected chi connectivity index (χ1v) is 13.9. The molecule has 0 amide bonds. The van der Waals surface area contributed by atoms with E-state index in [1.54, 1.807) is 6.92 Å². The van der Waals surface area contributed by atoms with E-state index in [0.29, 0.717) is 12.8 Å². The van der Waals surface area contributed by atoms with Gasteiger partial charge in [0, 0.05) is 10.8 Å². The average Bonchev–Trinajstić information content (AvgIpc) is 3.47. The number of aliphatic hydroxyl groups excluding tert-OH is 1. The Hall–Kier alpha value is -1.83. The number of carbonyl (C=O) groups is 3. The molecule has 1 aliphatic heterocycles. The summed E-state index contributed by atoms with van der Waals surface area (Å²) in [6.07, 6.45) is -2.38. The number of cyclic esters (lactones) is 3. The first kappa shape index (κ1) is 29.7. The second-order valence-corrected chi connectivity index (χ2v) is 13.1. The van der Waals surface area contributed by atoms with Crippen LogP contribution in [0.2, 0.25) is 0 Å². The quantitative estimate of drug-likeness (QED) is 0.290. The van der Waals surface area contributed by atoms with Crippen molar-refractivity contribution < 1.29 is 38.8 Å². The van der Waals surface area contributed by atoms with Gasteiger partial charge in [0.25, 0.3) is 0 Å². The lowest BCUT2D eigenvalue weighted by Crippen LogP contribution is -2.37. The van der Waals surface area contributed by atoms with Crippen LogP contribution in [0.4, 0.5) is 0 Å². The van der Waals surface area contributed by atoms with Crippen molar-refractivity contribution in [3.8, 4) is 0 Å². The van der Waals surface area contributed by atoms with Gasteiger partial charge in [0.1, 0.15) is 38.8 Å². The molecule has 2 N–H and O–H groups in total. The van der Waals surface area contributed by atoms with Gasteiger partial charge in [-0.2, -0.15) is 0 Å². The number of alkyl halides is 2. The predicted octanol–water partition coefficient (Wildman–Crippen LogP) is 4.38. The van der Waals surface area contributed by atoms with E-state index in [9.17, 15) is 24.6 Å². The lowest BCUT2D eigenvalue weighted by Gasteiger charge is -2.30. The van der Waals surface area contributed by atoms with Gasteiger partial charge in [-0.05, 0) is 47.0 Å². The summed E-state index contributed by atoms with van der Waals surface area (Å²) in [5.41, 5.74) is -1.70. The summed E-state index contributed by atoms with van der Waals surface area (Å²) >= 11 is 14.1. The van der Waals surface area contributed by atoms with Gasteiger partial charge in [0.15, 0.2) is 17.5 Å². The number of carbonyl (C=O) groups excluding carboxylic acids is 3. The Balaban J connectivity index is 1.96. The number of nitrogens with zero attached hydrogens (tertiary/aromatic N) is 2. The molecule has 2 aromatic rings. The van der Waals surface area contributed by atoms with Gasteiger partial charge in [-0.15, -0.1) is 45.9 Å². The highest BCUT2D eigenvalue weighted by molar-refractivity contribution is 7.10. The molecule has 0 spiro atoms. The highest BCUT2D eigenvalue weighted by Crippen LogP contribution is 2.34. The molecule has 0 fully saturated rings. The van der Waals surface area contributed by atoms with Gasteiger partial charge in [-0.3, -0.25) is 4.79 Å². The van der Waals surface area contributed by atoms with Crippen LogP contribution in [0.1, 0.15) is 90.2 Å². The van der Waals surface area contributed by atoms with Crippen molar-refractivity contribution in [3.05, 3.63) is 32.2 Å². The fourth-order valence-corrected chi connectivity index (χ4v) is 5.45. The van der Waals surface area contributed by atoms with Crippen LogP contribution in [0.5, 0.6) is 0 Å². The predicted molar refractivity (Wildman–Crippen MR) is 137 cm³/mol. The molecule has 10 nitrogen and oxygen atoms in total. The molecular formula is C23H28Cl2N2O8S2. The average molecular weight is 596 g/mol. The third-order valence-electron chi connectivity index (χ3n) is 5.51. The molecule has 14 heteroatoms. The summed E-state index contributed by atoms with van der Waals surface area (Å²) in [6, 6.07) is 0. The molecule has 0 radical (unpaired) electrons. The summed E-state index contributed by atoms with van der Waals surface area (Å²) in [7, 11) is 0. The highest BCUT2D eigenvalue weighted by Gasteiger charge is 2.39. The van der Waals surface area contributed by atoms with Crippen LogP contribution in [-0.2, 0) is 19.0 Å². The van der Waals surface area contributed by atoms with Crippen molar-refractivity contribution in [1.29, 1.82) is 0 Å². The smallest absolute Gasteiger partial charge is 0.358 e. The van der Waals surface area contributed by atoms with Crippen LogP contribution in [0.25, 0.3) is 0 Å². The van der Waals surface area contributed by atoms with E-state index in [2.05, 4.69) is 9.97 Å². The minimum absolute atomic E-state index is 0.0714. The summed E-state index contributed by atoms with van der Waals surface area (Å²) in [4.78, 5) is 46.8. The number of esters is 3. The fourth-order valence-electron chi connectivity index (χ4n) is 3.43. The van der Waals surface area contributed by atoms with Crippen LogP contribution < -0.4 is 0 Å². The molecule has 2 aromatic heterocycles. The summed E-state index contributed by atoms with van der Waals surface area (Å²) in [5, 5.41) is 24.2. The highest BCUT2D eigenvalue weighted by atomic mass is 35.5. The first-order chi connectivity index (χ1) is 17.2. The maximum absolute atomic E-state index is 13.2. The van der Waals surface area contributed by atoms with E-state index >= 15 is 0 Å². The maximum atomic E-state index is 13.2. The molecule has 4 atom stereocenters. The van der Waals surface area contributed by atoms with Gasteiger partial charge < -0.3 is 24.4 Å². The lowest BCUT2D eigenvalue weighted by molar-refractivity contribution is -0.171. The topological polar surface area (TPSA) is 145 Å². The number of hydrogen-bond acceptors (Lipinski definition) is 12. The fraction of sp³-hybridized carbons (Fsp3) is 0.609. The van der Waals surface area contributed by atoms with Crippen LogP contribution in [0, 0.1) is 5.92 Å². The second kappa shape index (κ2) is 11.9. The number of thiazole rings is 2. The second-order valence-electron chi connectivity index (χ2n) is 9.42. The third-order valence-corrected chi connectivity index (χ3v) is 7.72. The van der Waals surface area contributed by atoms with Crippen molar-refractivity contribution in [2.45, 2.75) is 75.2 Å². The van der Waals surface area contributed by atoms with Gasteiger partial charge in [0.05, 0.1) is 5.92 Å². The van der Waals surface area contributed by atoms with Crippen molar-refractivity contribution >= 4 is 63.8 Å². The maximum Gasteiger partial charge on any atom is 0.358 e. The molecule has 204 valence electrons. The van der Waals surface area contributed by atoms with E-state index in [-0.39, 0.29) is 27.8 Å². The van der Waals surface area contributed by atoms with E-state index in [4.69, 9.17) is 37.4 Å². The summed E-state index contributed by atoms with van der Waals surface area (Å²) < 4.78 is 15.4. The zero-order valence-corrected chi connectivity index (χ0v) is 23.7. The largest absolute Gasteiger partial charge is 0.458 e. The molecule has 1 aliphatic rings. The molecule has 0 saturated carbocycles. The first-order valence-electron chi connectivity index (χ1n) is 11.4. The van der Waals surface area contributed by atoms with E-state index in [0.717, 1.165) is 22.7 Å². The standard InChI is InChI=1S/C23H28Cl2N2O8S2/c1-11-15(6-5-7-23(4,24)25)34-21(31)13-10-36-17(26-13)14(28)8-33-20(30)12-9-37-18(27-12)16(22(2,3)32)35-19(11)29/h9-11,14-16,28,32H,5-8H2,1-4H3/t11-,14?,15-,16+/m0/s1. The number of aromatic nitrogens is 2. The van der Waals surface area contributed by atoms with Crippen molar-refractivity contribution in [3.63, 3.8) is 0 Å². The summed E-state index contributed by atoms with van der Waals surface area (Å²) in [5.74, 6) is -3.32. The third kappa shape index (κ3) is 8.08. The molecule has 37 heavy (non-hydrogen) atoms. The molecule has 3 heterocycles. The Bertz CT molecular complexity index is 1120. The normalized spacial score (nSPS) is 24.2. The molecule has 4 bridgehead atoms. The Morgan fingerprint density at radius 2 is 1.62 bits per heavy atom. The summed E-state index contributed by atoms with van der Waals surface area (Å²) in [6.45, 7) is 5.62. The van der Waals surface area contributed by atoms with Gasteiger partial charge >= 0.3 is 17.9 Å². The van der Waals surface area contributed by atoms with Crippen molar-refractivity contribution in [1.82, 2.24) is 9.97 Å². The van der Waals surface area contributed by atoms with Crippen LogP contribution in [0.3, 0.4) is 0 Å². The number of halogens is 2. The number of hydrogen-bond donors (Lipinski definition) is 2. The monoisotopic (exact) mass is 594 g/mol. The van der Waals surface area contributed by atoms with Crippen molar-refractivity contribution in [2.24, 2.45) is 5.92 Å². The van der Waals surface area contributed by atoms with Crippen LogP contribution in [-0.4, -0.2) is 60.7 Å².